The Balaban J connectivity index is 2.76. The molecule has 1 aliphatic heterocycles. The Labute approximate surface area is 478 Å². The molecule has 0 aliphatic carbocycles. The second-order valence-corrected chi connectivity index (χ2v) is 20.2. The molecular formula is C67H106O12. The number of carbonyl (C=O) groups excluding carboxylic acids is 3. The summed E-state index contributed by atoms with van der Waals surface area (Å²) in [4.78, 5) is 51.2. The predicted octanol–water partition coefficient (Wildman–Crippen LogP) is 16.0. The number of hydrogen-bond acceptors (Lipinski definition) is 11. The van der Waals surface area contributed by atoms with Gasteiger partial charge < -0.3 is 39.0 Å². The first-order chi connectivity index (χ1) is 38.6. The van der Waals surface area contributed by atoms with Gasteiger partial charge in [0.1, 0.15) is 18.8 Å². The van der Waals surface area contributed by atoms with Gasteiger partial charge in [-0.05, 0) is 122 Å². The van der Waals surface area contributed by atoms with Crippen molar-refractivity contribution in [1.82, 2.24) is 0 Å². The van der Waals surface area contributed by atoms with Crippen LogP contribution in [0.5, 0.6) is 0 Å². The zero-order valence-electron chi connectivity index (χ0n) is 49.1. The van der Waals surface area contributed by atoms with Gasteiger partial charge in [-0.3, -0.25) is 14.4 Å². The SMILES string of the molecule is CC/C=C\C/C=C\C/C=C\C/C=C\C/C=C\CCCC(=O)OCC(COC1OC(C(=O)O)C(O)C(O)C1OC(=O)CCCCCCC/C=C\CCCCCCCC)OC(=O)CCCCCC/C=C\C/C=C\C/C=C\C/C=C\CC. The van der Waals surface area contributed by atoms with Crippen molar-refractivity contribution in [2.45, 2.75) is 263 Å². The fourth-order valence-electron chi connectivity index (χ4n) is 8.39. The maximum absolute atomic E-state index is 13.2. The van der Waals surface area contributed by atoms with E-state index in [2.05, 4.69) is 136 Å². The first-order valence-electron chi connectivity index (χ1n) is 30.5. The van der Waals surface area contributed by atoms with Crippen LogP contribution in [0.25, 0.3) is 0 Å². The largest absolute Gasteiger partial charge is 0.479 e. The summed E-state index contributed by atoms with van der Waals surface area (Å²) in [7, 11) is 0. The molecule has 1 rings (SSSR count). The molecule has 446 valence electrons. The smallest absolute Gasteiger partial charge is 0.335 e. The summed E-state index contributed by atoms with van der Waals surface area (Å²) in [5.41, 5.74) is 0. The lowest BCUT2D eigenvalue weighted by atomic mass is 9.98. The van der Waals surface area contributed by atoms with E-state index in [-0.39, 0.29) is 25.9 Å². The fraction of sp³-hybridized carbons (Fsp3) is 0.642. The van der Waals surface area contributed by atoms with Crippen molar-refractivity contribution in [3.63, 3.8) is 0 Å². The molecule has 0 spiro atoms. The van der Waals surface area contributed by atoms with Gasteiger partial charge in [0, 0.05) is 19.3 Å². The Morgan fingerprint density at radius 3 is 1.27 bits per heavy atom. The van der Waals surface area contributed by atoms with Crippen LogP contribution >= 0.6 is 0 Å². The Hall–Kier alpha value is -4.88. The predicted molar refractivity (Wildman–Crippen MR) is 321 cm³/mol. The summed E-state index contributed by atoms with van der Waals surface area (Å²) in [5.74, 6) is -3.26. The van der Waals surface area contributed by atoms with Crippen LogP contribution in [0.15, 0.2) is 122 Å². The summed E-state index contributed by atoms with van der Waals surface area (Å²) in [6.45, 7) is 5.68. The molecule has 12 heteroatoms. The number of esters is 3. The van der Waals surface area contributed by atoms with Crippen molar-refractivity contribution in [1.29, 1.82) is 0 Å². The van der Waals surface area contributed by atoms with E-state index >= 15 is 0 Å². The second-order valence-electron chi connectivity index (χ2n) is 20.2. The second kappa shape index (κ2) is 53.7. The van der Waals surface area contributed by atoms with E-state index in [0.717, 1.165) is 122 Å². The third kappa shape index (κ3) is 43.6. The highest BCUT2D eigenvalue weighted by Crippen LogP contribution is 2.26. The van der Waals surface area contributed by atoms with Gasteiger partial charge in [-0.15, -0.1) is 0 Å². The van der Waals surface area contributed by atoms with Crippen LogP contribution in [-0.4, -0.2) is 89.2 Å². The normalized spacial score (nSPS) is 18.7. The zero-order chi connectivity index (χ0) is 57.5. The molecule has 6 unspecified atom stereocenters. The average Bonchev–Trinajstić information content (AvgIpc) is 3.46. The van der Waals surface area contributed by atoms with Gasteiger partial charge in [0.25, 0.3) is 0 Å². The fourth-order valence-corrected chi connectivity index (χ4v) is 8.39. The number of carbonyl (C=O) groups is 4. The summed E-state index contributed by atoms with van der Waals surface area (Å²) >= 11 is 0. The molecule has 0 aromatic heterocycles. The van der Waals surface area contributed by atoms with Crippen LogP contribution in [0.2, 0.25) is 0 Å². The van der Waals surface area contributed by atoms with Crippen LogP contribution in [0, 0.1) is 0 Å². The Bertz CT molecular complexity index is 1840. The first kappa shape index (κ1) is 72.1. The van der Waals surface area contributed by atoms with Crippen molar-refractivity contribution < 1.29 is 58.2 Å². The van der Waals surface area contributed by atoms with Gasteiger partial charge >= 0.3 is 23.9 Å². The topological polar surface area (TPSA) is 175 Å². The molecule has 1 heterocycles. The van der Waals surface area contributed by atoms with Gasteiger partial charge in [0.2, 0.25) is 0 Å². The first-order valence-corrected chi connectivity index (χ1v) is 30.5. The number of aliphatic hydroxyl groups excluding tert-OH is 2. The molecule has 1 aliphatic rings. The molecule has 0 aromatic rings. The molecule has 0 bridgehead atoms. The van der Waals surface area contributed by atoms with E-state index in [1.165, 1.54) is 38.5 Å². The molecule has 1 saturated heterocycles. The molecule has 0 aromatic carbocycles. The van der Waals surface area contributed by atoms with E-state index in [1.807, 2.05) is 6.08 Å². The third-order valence-corrected chi connectivity index (χ3v) is 13.0. The van der Waals surface area contributed by atoms with E-state index < -0.39 is 67.3 Å². The van der Waals surface area contributed by atoms with Gasteiger partial charge in [-0.2, -0.15) is 0 Å². The zero-order valence-corrected chi connectivity index (χ0v) is 49.1. The van der Waals surface area contributed by atoms with E-state index in [1.54, 1.807) is 0 Å². The number of allylic oxidation sites excluding steroid dienone is 20. The minimum absolute atomic E-state index is 0.0360. The maximum Gasteiger partial charge on any atom is 0.335 e. The Kier molecular flexibility index (Phi) is 49.1. The minimum atomic E-state index is -1.92. The highest BCUT2D eigenvalue weighted by Gasteiger charge is 2.50. The summed E-state index contributed by atoms with van der Waals surface area (Å²) in [6, 6.07) is 0. The number of hydrogen-bond donors (Lipinski definition) is 3. The summed E-state index contributed by atoms with van der Waals surface area (Å²) in [5, 5.41) is 31.5. The number of aliphatic hydroxyl groups is 2. The van der Waals surface area contributed by atoms with Crippen molar-refractivity contribution in [2.75, 3.05) is 13.2 Å². The number of rotatable bonds is 50. The highest BCUT2D eigenvalue weighted by molar-refractivity contribution is 5.74. The monoisotopic (exact) mass is 1100 g/mol. The van der Waals surface area contributed by atoms with Gasteiger partial charge in [-0.25, -0.2) is 4.79 Å². The summed E-state index contributed by atoms with van der Waals surface area (Å²) < 4.78 is 28.4. The lowest BCUT2D eigenvalue weighted by molar-refractivity contribution is -0.301. The molecule has 0 amide bonds. The van der Waals surface area contributed by atoms with Crippen molar-refractivity contribution in [3.8, 4) is 0 Å². The van der Waals surface area contributed by atoms with Crippen LogP contribution in [0.4, 0.5) is 0 Å². The molecule has 0 saturated carbocycles. The number of carboxylic acids is 1. The summed E-state index contributed by atoms with van der Waals surface area (Å²) in [6.07, 6.45) is 61.7. The van der Waals surface area contributed by atoms with Crippen LogP contribution in [0.1, 0.15) is 226 Å². The Morgan fingerprint density at radius 2 is 0.810 bits per heavy atom. The number of carboxylic acid groups (broad SMARTS) is 1. The molecule has 12 nitrogen and oxygen atoms in total. The van der Waals surface area contributed by atoms with Crippen LogP contribution < -0.4 is 0 Å². The van der Waals surface area contributed by atoms with Crippen molar-refractivity contribution >= 4 is 23.9 Å². The Morgan fingerprint density at radius 1 is 0.430 bits per heavy atom. The van der Waals surface area contributed by atoms with Crippen LogP contribution in [0.3, 0.4) is 0 Å². The lowest BCUT2D eigenvalue weighted by Crippen LogP contribution is -2.61. The molecule has 0 radical (unpaired) electrons. The van der Waals surface area contributed by atoms with Crippen LogP contribution in [-0.2, 0) is 42.9 Å². The number of aliphatic carboxylic acids is 1. The van der Waals surface area contributed by atoms with Gasteiger partial charge in [0.05, 0.1) is 6.61 Å². The average molecular weight is 1100 g/mol. The molecule has 1 fully saturated rings. The van der Waals surface area contributed by atoms with Gasteiger partial charge in [0.15, 0.2) is 24.6 Å². The van der Waals surface area contributed by atoms with E-state index in [4.69, 9.17) is 23.7 Å². The van der Waals surface area contributed by atoms with E-state index in [9.17, 15) is 34.5 Å². The standard InChI is InChI=1S/C67H106O12/c1-4-7-10-13-16-19-22-25-28-30-33-35-38-41-44-47-50-53-59(68)75-56-58(77-60(69)54-51-48-45-42-39-37-34-31-29-26-23-20-17-14-11-8-5-2)57-76-67-65(63(72)62(71)64(79-67)66(73)74)78-61(70)55-52-49-46-43-40-36-32-27-24-21-18-15-12-9-6-3/h7-8,10-11,16-17,19-20,25-29,32-35,37,41,44,58,62-65,67,71-72H,4-6,9,12-15,18,21-24,30-31,36,38-40,42-43,45-57H2,1-3H3,(H,73,74)/b10-7-,11-8-,19-16-,20-17-,28-25-,29-26-,32-27-,35-33-,37-34-,44-41-. The van der Waals surface area contributed by atoms with Crippen molar-refractivity contribution in [2.24, 2.45) is 0 Å². The highest BCUT2D eigenvalue weighted by atomic mass is 16.7. The minimum Gasteiger partial charge on any atom is -0.479 e. The number of ether oxygens (including phenoxy) is 5. The molecular weight excluding hydrogens is 997 g/mol. The van der Waals surface area contributed by atoms with E-state index in [0.29, 0.717) is 25.7 Å². The third-order valence-electron chi connectivity index (χ3n) is 13.0. The number of unbranched alkanes of at least 4 members (excludes halogenated alkanes) is 16. The van der Waals surface area contributed by atoms with Gasteiger partial charge in [-0.1, -0.05) is 206 Å². The molecule has 79 heavy (non-hydrogen) atoms. The molecule has 3 N–H and O–H groups in total. The lowest BCUT2D eigenvalue weighted by Gasteiger charge is -2.40. The maximum atomic E-state index is 13.2. The quantitative estimate of drug-likeness (QED) is 0.0228. The molecule has 6 atom stereocenters. The van der Waals surface area contributed by atoms with Crippen molar-refractivity contribution in [3.05, 3.63) is 122 Å².